The number of fused-ring (bicyclic) bond motifs is 1. The van der Waals surface area contributed by atoms with Gasteiger partial charge in [0.1, 0.15) is 23.6 Å². The summed E-state index contributed by atoms with van der Waals surface area (Å²) in [6.45, 7) is 3.04. The molecule has 2 aromatic carbocycles. The molecule has 0 unspecified atom stereocenters. The van der Waals surface area contributed by atoms with Gasteiger partial charge in [-0.15, -0.1) is 0 Å². The standard InChI is InChI=1S/C26H28N4O4/c1-3-4-15-34-21-11-9-19(10-12-21)22-16-23-26(32)29(13-14-30(23)28-22)18-25(31)27-17-20-7-5-6-8-24(20)33-2/h5-14,16H,3-4,15,17-18H2,1-2H3,(H,27,31). The first-order valence-electron chi connectivity index (χ1n) is 11.3. The fraction of sp³-hybridized carbons (Fsp3) is 0.269. The van der Waals surface area contributed by atoms with Crippen molar-refractivity contribution in [1.82, 2.24) is 19.5 Å². The molecule has 2 aromatic heterocycles. The van der Waals surface area contributed by atoms with E-state index in [1.54, 1.807) is 25.6 Å². The zero-order chi connectivity index (χ0) is 23.9. The Morgan fingerprint density at radius 3 is 2.65 bits per heavy atom. The van der Waals surface area contributed by atoms with Crippen molar-refractivity contribution < 1.29 is 14.3 Å². The zero-order valence-electron chi connectivity index (χ0n) is 19.4. The summed E-state index contributed by atoms with van der Waals surface area (Å²) in [5.41, 5.74) is 2.54. The van der Waals surface area contributed by atoms with Crippen LogP contribution in [0.15, 0.2) is 71.8 Å². The average molecular weight is 461 g/mol. The molecule has 0 spiro atoms. The molecule has 8 heteroatoms. The van der Waals surface area contributed by atoms with Crippen LogP contribution in [0.25, 0.3) is 16.8 Å². The van der Waals surface area contributed by atoms with Gasteiger partial charge in [-0.05, 0) is 42.8 Å². The van der Waals surface area contributed by atoms with E-state index in [-0.39, 0.29) is 18.0 Å². The highest BCUT2D eigenvalue weighted by Gasteiger charge is 2.12. The smallest absolute Gasteiger partial charge is 0.277 e. The maximum absolute atomic E-state index is 13.0. The number of ether oxygens (including phenoxy) is 2. The summed E-state index contributed by atoms with van der Waals surface area (Å²) in [5.74, 6) is 1.24. The number of para-hydroxylation sites is 1. The van der Waals surface area contributed by atoms with Gasteiger partial charge in [0.25, 0.3) is 5.56 Å². The molecule has 0 radical (unpaired) electrons. The monoisotopic (exact) mass is 460 g/mol. The van der Waals surface area contributed by atoms with E-state index in [0.717, 1.165) is 29.7 Å². The van der Waals surface area contributed by atoms with Crippen LogP contribution in [0, 0.1) is 0 Å². The van der Waals surface area contributed by atoms with Crippen LogP contribution in [0.3, 0.4) is 0 Å². The quantitative estimate of drug-likeness (QED) is 0.365. The van der Waals surface area contributed by atoms with Gasteiger partial charge in [0.2, 0.25) is 5.91 Å². The molecule has 0 saturated carbocycles. The van der Waals surface area contributed by atoms with Gasteiger partial charge < -0.3 is 19.4 Å². The van der Waals surface area contributed by atoms with Crippen LogP contribution in [-0.4, -0.2) is 33.8 Å². The van der Waals surface area contributed by atoms with Crippen molar-refractivity contribution >= 4 is 11.4 Å². The molecule has 0 saturated heterocycles. The maximum atomic E-state index is 13.0. The molecule has 2 heterocycles. The van der Waals surface area contributed by atoms with Gasteiger partial charge in [0.15, 0.2) is 0 Å². The number of rotatable bonds is 10. The molecule has 1 amide bonds. The van der Waals surface area contributed by atoms with Crippen molar-refractivity contribution in [3.8, 4) is 22.8 Å². The van der Waals surface area contributed by atoms with Gasteiger partial charge in [0, 0.05) is 30.1 Å². The Kier molecular flexibility index (Phi) is 7.27. The number of carbonyl (C=O) groups excluding carboxylic acids is 1. The lowest BCUT2D eigenvalue weighted by Gasteiger charge is -2.10. The molecule has 8 nitrogen and oxygen atoms in total. The number of methoxy groups -OCH3 is 1. The van der Waals surface area contributed by atoms with E-state index in [9.17, 15) is 9.59 Å². The third-order valence-electron chi connectivity index (χ3n) is 5.50. The van der Waals surface area contributed by atoms with Crippen molar-refractivity contribution in [1.29, 1.82) is 0 Å². The Labute approximate surface area is 197 Å². The second kappa shape index (κ2) is 10.7. The van der Waals surface area contributed by atoms with Gasteiger partial charge in [-0.25, -0.2) is 4.52 Å². The Morgan fingerprint density at radius 2 is 1.88 bits per heavy atom. The molecular formula is C26H28N4O4. The number of carbonyl (C=O) groups is 1. The molecule has 176 valence electrons. The Balaban J connectivity index is 1.45. The third-order valence-corrected chi connectivity index (χ3v) is 5.50. The van der Waals surface area contributed by atoms with Crippen LogP contribution in [0.2, 0.25) is 0 Å². The highest BCUT2D eigenvalue weighted by atomic mass is 16.5. The summed E-state index contributed by atoms with van der Waals surface area (Å²) in [7, 11) is 1.59. The molecule has 0 bridgehead atoms. The summed E-state index contributed by atoms with van der Waals surface area (Å²) in [5, 5.41) is 7.35. The minimum Gasteiger partial charge on any atom is -0.496 e. The molecular weight excluding hydrogens is 432 g/mol. The fourth-order valence-electron chi connectivity index (χ4n) is 3.60. The van der Waals surface area contributed by atoms with Crippen LogP contribution in [0.1, 0.15) is 25.3 Å². The summed E-state index contributed by atoms with van der Waals surface area (Å²) in [6, 6.07) is 16.9. The lowest BCUT2D eigenvalue weighted by atomic mass is 10.1. The number of hydrogen-bond acceptors (Lipinski definition) is 5. The van der Waals surface area contributed by atoms with E-state index >= 15 is 0 Å². The second-order valence-electron chi connectivity index (χ2n) is 7.91. The lowest BCUT2D eigenvalue weighted by Crippen LogP contribution is -2.32. The number of nitrogens with one attached hydrogen (secondary N) is 1. The zero-order valence-corrected chi connectivity index (χ0v) is 19.4. The fourth-order valence-corrected chi connectivity index (χ4v) is 3.60. The van der Waals surface area contributed by atoms with E-state index in [0.29, 0.717) is 30.1 Å². The molecule has 1 N–H and O–H groups in total. The largest absolute Gasteiger partial charge is 0.496 e. The van der Waals surface area contributed by atoms with E-state index in [1.807, 2.05) is 48.5 Å². The summed E-state index contributed by atoms with van der Waals surface area (Å²) in [4.78, 5) is 25.4. The normalized spacial score (nSPS) is 10.9. The predicted molar refractivity (Wildman–Crippen MR) is 130 cm³/mol. The molecule has 4 rings (SSSR count). The first-order chi connectivity index (χ1) is 16.6. The lowest BCUT2D eigenvalue weighted by molar-refractivity contribution is -0.121. The molecule has 0 atom stereocenters. The summed E-state index contributed by atoms with van der Waals surface area (Å²) in [6.07, 6.45) is 5.34. The van der Waals surface area contributed by atoms with E-state index in [2.05, 4.69) is 17.3 Å². The molecule has 0 aliphatic carbocycles. The second-order valence-corrected chi connectivity index (χ2v) is 7.91. The topological polar surface area (TPSA) is 86.9 Å². The number of unbranched alkanes of at least 4 members (excludes halogenated alkanes) is 1. The SMILES string of the molecule is CCCCOc1ccc(-c2cc3c(=O)n(CC(=O)NCc4ccccc4OC)ccn3n2)cc1. The Bertz CT molecular complexity index is 1320. The van der Waals surface area contributed by atoms with Gasteiger partial charge >= 0.3 is 0 Å². The predicted octanol–water partition coefficient (Wildman–Crippen LogP) is 3.67. The van der Waals surface area contributed by atoms with Gasteiger partial charge in [0.05, 0.1) is 19.4 Å². The number of benzene rings is 2. The Hall–Kier alpha value is -4.07. The van der Waals surface area contributed by atoms with Crippen LogP contribution < -0.4 is 20.3 Å². The number of hydrogen-bond donors (Lipinski definition) is 1. The van der Waals surface area contributed by atoms with Gasteiger partial charge in [-0.3, -0.25) is 9.59 Å². The van der Waals surface area contributed by atoms with Gasteiger partial charge in [-0.2, -0.15) is 5.10 Å². The average Bonchev–Trinajstić information content (AvgIpc) is 3.30. The van der Waals surface area contributed by atoms with Crippen LogP contribution >= 0.6 is 0 Å². The minimum atomic E-state index is -0.284. The third kappa shape index (κ3) is 5.28. The number of amides is 1. The first kappa shape index (κ1) is 23.1. The van der Waals surface area contributed by atoms with E-state index < -0.39 is 0 Å². The molecule has 0 aliphatic rings. The van der Waals surface area contributed by atoms with Gasteiger partial charge in [-0.1, -0.05) is 31.5 Å². The van der Waals surface area contributed by atoms with E-state index in [1.165, 1.54) is 9.08 Å². The van der Waals surface area contributed by atoms with Crippen molar-refractivity contribution in [3.63, 3.8) is 0 Å². The molecule has 0 aliphatic heterocycles. The Morgan fingerprint density at radius 1 is 1.09 bits per heavy atom. The number of aromatic nitrogens is 3. The van der Waals surface area contributed by atoms with Crippen LogP contribution in [0.4, 0.5) is 0 Å². The number of nitrogens with zero attached hydrogens (tertiary/aromatic N) is 3. The van der Waals surface area contributed by atoms with E-state index in [4.69, 9.17) is 9.47 Å². The van der Waals surface area contributed by atoms with Crippen LogP contribution in [-0.2, 0) is 17.9 Å². The highest BCUT2D eigenvalue weighted by molar-refractivity contribution is 5.76. The molecule has 34 heavy (non-hydrogen) atoms. The summed E-state index contributed by atoms with van der Waals surface area (Å²) < 4.78 is 13.9. The van der Waals surface area contributed by atoms with Crippen molar-refractivity contribution in [2.45, 2.75) is 32.9 Å². The van der Waals surface area contributed by atoms with Crippen LogP contribution in [0.5, 0.6) is 11.5 Å². The molecule has 0 fully saturated rings. The van der Waals surface area contributed by atoms with Crippen molar-refractivity contribution in [2.24, 2.45) is 0 Å². The first-order valence-corrected chi connectivity index (χ1v) is 11.3. The van der Waals surface area contributed by atoms with Crippen molar-refractivity contribution in [3.05, 3.63) is 82.9 Å². The summed E-state index contributed by atoms with van der Waals surface area (Å²) >= 11 is 0. The minimum absolute atomic E-state index is 0.0885. The van der Waals surface area contributed by atoms with Crippen molar-refractivity contribution in [2.75, 3.05) is 13.7 Å². The highest BCUT2D eigenvalue weighted by Crippen LogP contribution is 2.22. The molecule has 4 aromatic rings. The maximum Gasteiger partial charge on any atom is 0.277 e.